The van der Waals surface area contributed by atoms with Crippen molar-refractivity contribution in [3.63, 3.8) is 0 Å². The lowest BCUT2D eigenvalue weighted by atomic mass is 10.1. The van der Waals surface area contributed by atoms with E-state index in [2.05, 4.69) is 0 Å². The van der Waals surface area contributed by atoms with Gasteiger partial charge in [0, 0.05) is 31.5 Å². The van der Waals surface area contributed by atoms with Crippen molar-refractivity contribution >= 4 is 35.1 Å². The van der Waals surface area contributed by atoms with Crippen molar-refractivity contribution in [1.29, 1.82) is 0 Å². The van der Waals surface area contributed by atoms with Crippen molar-refractivity contribution in [3.05, 3.63) is 53.6 Å². The highest BCUT2D eigenvalue weighted by Crippen LogP contribution is 2.30. The molecule has 2 aliphatic heterocycles. The van der Waals surface area contributed by atoms with Crippen LogP contribution < -0.4 is 14.5 Å². The maximum Gasteiger partial charge on any atom is 0.316 e. The summed E-state index contributed by atoms with van der Waals surface area (Å²) in [5, 5.41) is 0. The first kappa shape index (κ1) is 19.8. The fraction of sp³-hybridized carbons (Fsp3) is 0.304. The molecule has 154 valence electrons. The molecule has 0 unspecified atom stereocenters. The van der Waals surface area contributed by atoms with Crippen LogP contribution in [0.5, 0.6) is 5.75 Å². The van der Waals surface area contributed by atoms with Gasteiger partial charge in [0.15, 0.2) is 0 Å². The second-order valence-corrected chi connectivity index (χ2v) is 7.73. The standard InChI is InChI=1S/C23H22N2O5/c1-14-3-4-15(2)19(11-14)24-13-16(12-22(24)28)23(29)30-18-7-5-17(6-8-18)25-20(26)9-10-21(25)27/h3-8,11,16H,9-10,12-13H2,1-2H3/t16-/m1/s1. The van der Waals surface area contributed by atoms with E-state index in [1.165, 1.54) is 0 Å². The van der Waals surface area contributed by atoms with Gasteiger partial charge in [0.1, 0.15) is 5.75 Å². The largest absolute Gasteiger partial charge is 0.426 e. The third-order valence-corrected chi connectivity index (χ3v) is 5.48. The molecule has 7 heteroatoms. The van der Waals surface area contributed by atoms with Crippen LogP contribution in [0.3, 0.4) is 0 Å². The second-order valence-electron chi connectivity index (χ2n) is 7.73. The van der Waals surface area contributed by atoms with Crippen LogP contribution in [0, 0.1) is 19.8 Å². The quantitative estimate of drug-likeness (QED) is 0.443. The van der Waals surface area contributed by atoms with Gasteiger partial charge >= 0.3 is 5.97 Å². The summed E-state index contributed by atoms with van der Waals surface area (Å²) in [4.78, 5) is 51.6. The number of rotatable bonds is 4. The number of nitrogens with zero attached hydrogens (tertiary/aromatic N) is 2. The van der Waals surface area contributed by atoms with Crippen molar-refractivity contribution < 1.29 is 23.9 Å². The highest BCUT2D eigenvalue weighted by Gasteiger charge is 2.37. The number of carbonyl (C=O) groups excluding carboxylic acids is 4. The SMILES string of the molecule is Cc1ccc(C)c(N2C[C@H](C(=O)Oc3ccc(N4C(=O)CCC4=O)cc3)CC2=O)c1. The molecule has 2 aliphatic rings. The van der Waals surface area contributed by atoms with Gasteiger partial charge in [0.2, 0.25) is 17.7 Å². The minimum atomic E-state index is -0.557. The van der Waals surface area contributed by atoms with Crippen LogP contribution in [0.2, 0.25) is 0 Å². The molecule has 30 heavy (non-hydrogen) atoms. The van der Waals surface area contributed by atoms with Crippen LogP contribution in [-0.2, 0) is 19.2 Å². The fourth-order valence-corrected chi connectivity index (χ4v) is 3.84. The Morgan fingerprint density at radius 1 is 0.933 bits per heavy atom. The first-order chi connectivity index (χ1) is 14.3. The lowest BCUT2D eigenvalue weighted by molar-refractivity contribution is -0.139. The zero-order valence-electron chi connectivity index (χ0n) is 16.9. The number of esters is 1. The molecule has 2 fully saturated rings. The first-order valence-corrected chi connectivity index (χ1v) is 9.88. The van der Waals surface area contributed by atoms with Gasteiger partial charge in [-0.25, -0.2) is 0 Å². The summed E-state index contributed by atoms with van der Waals surface area (Å²) in [7, 11) is 0. The topological polar surface area (TPSA) is 84.0 Å². The summed E-state index contributed by atoms with van der Waals surface area (Å²) in [5.74, 6) is -1.30. The lowest BCUT2D eigenvalue weighted by Gasteiger charge is -2.19. The summed E-state index contributed by atoms with van der Waals surface area (Å²) < 4.78 is 5.45. The van der Waals surface area contributed by atoms with E-state index >= 15 is 0 Å². The number of carbonyl (C=O) groups is 4. The Balaban J connectivity index is 1.43. The van der Waals surface area contributed by atoms with Crippen LogP contribution >= 0.6 is 0 Å². The van der Waals surface area contributed by atoms with Crippen LogP contribution in [0.25, 0.3) is 0 Å². The fourth-order valence-electron chi connectivity index (χ4n) is 3.84. The Morgan fingerprint density at radius 3 is 2.27 bits per heavy atom. The Kier molecular flexibility index (Phi) is 5.11. The molecule has 2 saturated heterocycles. The summed E-state index contributed by atoms with van der Waals surface area (Å²) in [6.45, 7) is 4.17. The van der Waals surface area contributed by atoms with Crippen molar-refractivity contribution in [1.82, 2.24) is 0 Å². The maximum absolute atomic E-state index is 12.6. The van der Waals surface area contributed by atoms with Gasteiger partial charge in [0.05, 0.1) is 11.6 Å². The smallest absolute Gasteiger partial charge is 0.316 e. The number of amides is 3. The van der Waals surface area contributed by atoms with E-state index in [-0.39, 0.29) is 43.5 Å². The molecule has 1 atom stereocenters. The van der Waals surface area contributed by atoms with Crippen molar-refractivity contribution in [2.75, 3.05) is 16.3 Å². The van der Waals surface area contributed by atoms with E-state index in [4.69, 9.17) is 4.74 Å². The zero-order chi connectivity index (χ0) is 21.4. The average Bonchev–Trinajstić information content (AvgIpc) is 3.26. The van der Waals surface area contributed by atoms with E-state index in [1.54, 1.807) is 29.2 Å². The van der Waals surface area contributed by atoms with Crippen molar-refractivity contribution in [2.24, 2.45) is 5.92 Å². The predicted octanol–water partition coefficient (Wildman–Crippen LogP) is 2.92. The second kappa shape index (κ2) is 7.74. The predicted molar refractivity (Wildman–Crippen MR) is 110 cm³/mol. The Bertz CT molecular complexity index is 1030. The third-order valence-electron chi connectivity index (χ3n) is 5.48. The van der Waals surface area contributed by atoms with E-state index in [0.717, 1.165) is 21.7 Å². The maximum atomic E-state index is 12.6. The van der Waals surface area contributed by atoms with Crippen LogP contribution in [-0.4, -0.2) is 30.2 Å². The Morgan fingerprint density at radius 2 is 1.60 bits per heavy atom. The van der Waals surface area contributed by atoms with Gasteiger partial charge in [-0.1, -0.05) is 12.1 Å². The number of anilines is 2. The minimum absolute atomic E-state index is 0.0983. The molecule has 0 N–H and O–H groups in total. The molecule has 0 saturated carbocycles. The van der Waals surface area contributed by atoms with E-state index in [1.807, 2.05) is 32.0 Å². The van der Waals surface area contributed by atoms with Gasteiger partial charge in [-0.15, -0.1) is 0 Å². The van der Waals surface area contributed by atoms with Crippen LogP contribution in [0.1, 0.15) is 30.4 Å². The van der Waals surface area contributed by atoms with E-state index in [9.17, 15) is 19.2 Å². The number of ether oxygens (including phenoxy) is 1. The van der Waals surface area contributed by atoms with Gasteiger partial charge in [-0.3, -0.25) is 24.1 Å². The molecule has 2 aromatic carbocycles. The molecule has 4 rings (SSSR count). The third kappa shape index (κ3) is 3.70. The average molecular weight is 406 g/mol. The molecule has 0 aromatic heterocycles. The number of benzene rings is 2. The molecule has 0 spiro atoms. The van der Waals surface area contributed by atoms with Gasteiger partial charge in [0.25, 0.3) is 0 Å². The molecular formula is C23H22N2O5. The molecular weight excluding hydrogens is 384 g/mol. The van der Waals surface area contributed by atoms with E-state index in [0.29, 0.717) is 11.4 Å². The molecule has 7 nitrogen and oxygen atoms in total. The number of hydrogen-bond acceptors (Lipinski definition) is 5. The minimum Gasteiger partial charge on any atom is -0.426 e. The Labute approximate surface area is 174 Å². The Hall–Kier alpha value is -3.48. The molecule has 0 bridgehead atoms. The highest BCUT2D eigenvalue weighted by molar-refractivity contribution is 6.19. The van der Waals surface area contributed by atoms with Crippen LogP contribution in [0.4, 0.5) is 11.4 Å². The summed E-state index contributed by atoms with van der Waals surface area (Å²) in [5.41, 5.74) is 3.30. The summed E-state index contributed by atoms with van der Waals surface area (Å²) in [6.07, 6.45) is 0.519. The number of hydrogen-bond donors (Lipinski definition) is 0. The molecule has 2 aromatic rings. The van der Waals surface area contributed by atoms with Gasteiger partial charge in [-0.2, -0.15) is 0 Å². The normalized spacial score (nSPS) is 19.0. The molecule has 0 radical (unpaired) electrons. The highest BCUT2D eigenvalue weighted by atomic mass is 16.5. The first-order valence-electron chi connectivity index (χ1n) is 9.88. The van der Waals surface area contributed by atoms with Crippen LogP contribution in [0.15, 0.2) is 42.5 Å². The van der Waals surface area contributed by atoms with E-state index < -0.39 is 11.9 Å². The van der Waals surface area contributed by atoms with Crippen molar-refractivity contribution in [3.8, 4) is 5.75 Å². The number of imide groups is 1. The summed E-state index contributed by atoms with van der Waals surface area (Å²) >= 11 is 0. The summed E-state index contributed by atoms with van der Waals surface area (Å²) in [6, 6.07) is 12.1. The molecule has 2 heterocycles. The van der Waals surface area contributed by atoms with Crippen molar-refractivity contribution in [2.45, 2.75) is 33.1 Å². The molecule has 0 aliphatic carbocycles. The lowest BCUT2D eigenvalue weighted by Crippen LogP contribution is -2.28. The van der Waals surface area contributed by atoms with Gasteiger partial charge in [-0.05, 0) is 55.3 Å². The zero-order valence-corrected chi connectivity index (χ0v) is 16.9. The number of aryl methyl sites for hydroxylation is 2. The molecule has 3 amide bonds. The monoisotopic (exact) mass is 406 g/mol. The van der Waals surface area contributed by atoms with Gasteiger partial charge < -0.3 is 9.64 Å².